The summed E-state index contributed by atoms with van der Waals surface area (Å²) in [6, 6.07) is 10.6. The zero-order valence-corrected chi connectivity index (χ0v) is 18.7. The molecule has 0 radical (unpaired) electrons. The number of carbonyl (C=O) groups excluding carboxylic acids is 2. The predicted molar refractivity (Wildman–Crippen MR) is 119 cm³/mol. The van der Waals surface area contributed by atoms with Gasteiger partial charge in [-0.15, -0.1) is 0 Å². The molecule has 1 amide bonds. The molecule has 0 aromatic heterocycles. The maximum atomic E-state index is 12.8. The Balaban J connectivity index is 1.86. The van der Waals surface area contributed by atoms with Gasteiger partial charge in [0.1, 0.15) is 0 Å². The second kappa shape index (κ2) is 10.5. The second-order valence-electron chi connectivity index (χ2n) is 7.18. The van der Waals surface area contributed by atoms with Gasteiger partial charge >= 0.3 is 5.97 Å². The van der Waals surface area contributed by atoms with E-state index in [0.717, 1.165) is 11.1 Å². The Morgan fingerprint density at radius 3 is 2.55 bits per heavy atom. The van der Waals surface area contributed by atoms with Crippen LogP contribution in [0.4, 0.5) is 5.69 Å². The van der Waals surface area contributed by atoms with Gasteiger partial charge in [-0.2, -0.15) is 0 Å². The molecule has 0 fully saturated rings. The molecule has 0 spiro atoms. The van der Waals surface area contributed by atoms with Crippen LogP contribution in [0, 0.1) is 0 Å². The van der Waals surface area contributed by atoms with Crippen LogP contribution in [0.15, 0.2) is 36.4 Å². The van der Waals surface area contributed by atoms with Crippen molar-refractivity contribution < 1.29 is 23.8 Å². The molecular formula is C23H27ClN2O5. The average Bonchev–Trinajstić information content (AvgIpc) is 2.76. The van der Waals surface area contributed by atoms with Gasteiger partial charge in [0.25, 0.3) is 0 Å². The Kier molecular flexibility index (Phi) is 7.76. The van der Waals surface area contributed by atoms with Gasteiger partial charge < -0.3 is 19.5 Å². The molecule has 1 atom stereocenters. The van der Waals surface area contributed by atoms with E-state index in [1.54, 1.807) is 39.3 Å². The maximum absolute atomic E-state index is 12.8. The molecule has 166 valence electrons. The van der Waals surface area contributed by atoms with Crippen molar-refractivity contribution in [1.29, 1.82) is 0 Å². The lowest BCUT2D eigenvalue weighted by molar-refractivity contribution is -0.145. The van der Waals surface area contributed by atoms with Crippen LogP contribution in [-0.4, -0.2) is 50.7 Å². The van der Waals surface area contributed by atoms with E-state index in [9.17, 15) is 9.59 Å². The molecule has 1 N–H and O–H groups in total. The number of ether oxygens (including phenoxy) is 3. The number of esters is 1. The highest BCUT2D eigenvalue weighted by molar-refractivity contribution is 6.33. The zero-order valence-electron chi connectivity index (χ0n) is 17.9. The second-order valence-corrected chi connectivity index (χ2v) is 7.59. The number of benzene rings is 2. The summed E-state index contributed by atoms with van der Waals surface area (Å²) in [5.41, 5.74) is 2.55. The summed E-state index contributed by atoms with van der Waals surface area (Å²) in [5, 5.41) is 3.32. The monoisotopic (exact) mass is 446 g/mol. The fourth-order valence-electron chi connectivity index (χ4n) is 3.82. The SMILES string of the molecule is CCOC(=O)CC1c2cc(OC)c(OC)cc2CCN1CC(=O)Nc1ccccc1Cl. The molecule has 2 aromatic rings. The van der Waals surface area contributed by atoms with E-state index in [4.69, 9.17) is 25.8 Å². The van der Waals surface area contributed by atoms with Crippen LogP contribution < -0.4 is 14.8 Å². The van der Waals surface area contributed by atoms with E-state index in [0.29, 0.717) is 41.8 Å². The number of rotatable bonds is 8. The highest BCUT2D eigenvalue weighted by Gasteiger charge is 2.32. The van der Waals surface area contributed by atoms with Crippen LogP contribution in [0.25, 0.3) is 0 Å². The quantitative estimate of drug-likeness (QED) is 0.621. The summed E-state index contributed by atoms with van der Waals surface area (Å²) < 4.78 is 16.1. The van der Waals surface area contributed by atoms with Gasteiger partial charge in [-0.25, -0.2) is 0 Å². The number of para-hydroxylation sites is 1. The van der Waals surface area contributed by atoms with Crippen molar-refractivity contribution in [3.8, 4) is 11.5 Å². The van der Waals surface area contributed by atoms with E-state index in [1.807, 2.05) is 23.1 Å². The number of amides is 1. The van der Waals surface area contributed by atoms with Crippen LogP contribution in [0.2, 0.25) is 5.02 Å². The number of halogens is 1. The Hall–Kier alpha value is -2.77. The first-order valence-corrected chi connectivity index (χ1v) is 10.5. The highest BCUT2D eigenvalue weighted by Crippen LogP contribution is 2.39. The normalized spacial score (nSPS) is 15.7. The summed E-state index contributed by atoms with van der Waals surface area (Å²) in [6.45, 7) is 2.80. The summed E-state index contributed by atoms with van der Waals surface area (Å²) in [7, 11) is 3.16. The van der Waals surface area contributed by atoms with Crippen LogP contribution in [-0.2, 0) is 20.7 Å². The van der Waals surface area contributed by atoms with Gasteiger partial charge in [0.15, 0.2) is 11.5 Å². The zero-order chi connectivity index (χ0) is 22.4. The summed E-state index contributed by atoms with van der Waals surface area (Å²) in [5.74, 6) is 0.705. The molecule has 31 heavy (non-hydrogen) atoms. The minimum absolute atomic E-state index is 0.114. The molecule has 3 rings (SSSR count). The first-order valence-electron chi connectivity index (χ1n) is 10.2. The molecule has 2 aromatic carbocycles. The minimum atomic E-state index is -0.320. The van der Waals surface area contributed by atoms with Crippen molar-refractivity contribution in [2.75, 3.05) is 39.2 Å². The van der Waals surface area contributed by atoms with Gasteiger partial charge in [-0.3, -0.25) is 14.5 Å². The van der Waals surface area contributed by atoms with E-state index >= 15 is 0 Å². The van der Waals surface area contributed by atoms with Gasteiger partial charge in [-0.05, 0) is 48.7 Å². The van der Waals surface area contributed by atoms with Crippen molar-refractivity contribution >= 4 is 29.2 Å². The average molecular weight is 447 g/mol. The Labute approximate surface area is 187 Å². The largest absolute Gasteiger partial charge is 0.493 e. The van der Waals surface area contributed by atoms with Crippen molar-refractivity contribution in [2.45, 2.75) is 25.8 Å². The molecule has 0 saturated carbocycles. The third kappa shape index (κ3) is 5.48. The summed E-state index contributed by atoms with van der Waals surface area (Å²) in [4.78, 5) is 27.1. The van der Waals surface area contributed by atoms with Gasteiger partial charge in [-0.1, -0.05) is 23.7 Å². The number of nitrogens with one attached hydrogen (secondary N) is 1. The van der Waals surface area contributed by atoms with Crippen molar-refractivity contribution in [3.05, 3.63) is 52.5 Å². The van der Waals surface area contributed by atoms with Gasteiger partial charge in [0.05, 0.1) is 44.5 Å². The van der Waals surface area contributed by atoms with Crippen LogP contribution in [0.1, 0.15) is 30.5 Å². The van der Waals surface area contributed by atoms with Crippen molar-refractivity contribution in [2.24, 2.45) is 0 Å². The van der Waals surface area contributed by atoms with Crippen LogP contribution >= 0.6 is 11.6 Å². The Morgan fingerprint density at radius 1 is 1.16 bits per heavy atom. The highest BCUT2D eigenvalue weighted by atomic mass is 35.5. The first kappa shape index (κ1) is 22.9. The van der Waals surface area contributed by atoms with Gasteiger partial charge in [0.2, 0.25) is 5.91 Å². The third-order valence-electron chi connectivity index (χ3n) is 5.27. The third-order valence-corrected chi connectivity index (χ3v) is 5.60. The number of fused-ring (bicyclic) bond motifs is 1. The van der Waals surface area contributed by atoms with E-state index in [2.05, 4.69) is 5.32 Å². The molecule has 0 bridgehead atoms. The van der Waals surface area contributed by atoms with Crippen molar-refractivity contribution in [3.63, 3.8) is 0 Å². The molecule has 7 nitrogen and oxygen atoms in total. The van der Waals surface area contributed by atoms with E-state index in [1.165, 1.54) is 0 Å². The number of hydrogen-bond donors (Lipinski definition) is 1. The predicted octanol–water partition coefficient (Wildman–Crippen LogP) is 3.85. The Bertz CT molecular complexity index is 950. The molecule has 1 aliphatic rings. The molecular weight excluding hydrogens is 420 g/mol. The number of hydrogen-bond acceptors (Lipinski definition) is 6. The lowest BCUT2D eigenvalue weighted by atomic mass is 9.90. The summed E-state index contributed by atoms with van der Waals surface area (Å²) in [6.07, 6.45) is 0.851. The van der Waals surface area contributed by atoms with E-state index in [-0.39, 0.29) is 30.9 Å². The topological polar surface area (TPSA) is 77.1 Å². The molecule has 1 aliphatic heterocycles. The Morgan fingerprint density at radius 2 is 1.87 bits per heavy atom. The lowest BCUT2D eigenvalue weighted by Crippen LogP contribution is -2.41. The molecule has 0 saturated heterocycles. The lowest BCUT2D eigenvalue weighted by Gasteiger charge is -2.37. The van der Waals surface area contributed by atoms with Crippen LogP contribution in [0.3, 0.4) is 0 Å². The number of nitrogens with zero attached hydrogens (tertiary/aromatic N) is 1. The summed E-state index contributed by atoms with van der Waals surface area (Å²) >= 11 is 6.16. The fraction of sp³-hybridized carbons (Fsp3) is 0.391. The molecule has 0 aliphatic carbocycles. The number of anilines is 1. The first-order chi connectivity index (χ1) is 15.0. The molecule has 8 heteroatoms. The van der Waals surface area contributed by atoms with E-state index < -0.39 is 0 Å². The number of carbonyl (C=O) groups is 2. The fourth-order valence-corrected chi connectivity index (χ4v) is 4.01. The molecule has 1 heterocycles. The minimum Gasteiger partial charge on any atom is -0.493 e. The standard InChI is InChI=1S/C23H27ClN2O5/c1-4-31-23(28)13-19-16-12-21(30-3)20(29-2)11-15(16)9-10-26(19)14-22(27)25-18-8-6-5-7-17(18)24/h5-8,11-12,19H,4,9-10,13-14H2,1-3H3,(H,25,27). The number of methoxy groups -OCH3 is 2. The van der Waals surface area contributed by atoms with Crippen LogP contribution in [0.5, 0.6) is 11.5 Å². The van der Waals surface area contributed by atoms with Gasteiger partial charge in [0, 0.05) is 12.6 Å². The van der Waals surface area contributed by atoms with Crippen molar-refractivity contribution in [1.82, 2.24) is 4.90 Å². The smallest absolute Gasteiger partial charge is 0.307 e. The molecule has 1 unspecified atom stereocenters. The maximum Gasteiger partial charge on any atom is 0.307 e.